The van der Waals surface area contributed by atoms with Crippen molar-refractivity contribution in [1.29, 1.82) is 0 Å². The number of H-pyrrole nitrogens is 1. The highest BCUT2D eigenvalue weighted by Crippen LogP contribution is 2.50. The molecule has 196 valence electrons. The number of hydrogen-bond acceptors (Lipinski definition) is 7. The Morgan fingerprint density at radius 3 is 2.58 bits per heavy atom. The Hall–Kier alpha value is -3.97. The summed E-state index contributed by atoms with van der Waals surface area (Å²) in [6.07, 6.45) is 2.27. The number of halogens is 2. The molecule has 7 rings (SSSR count). The summed E-state index contributed by atoms with van der Waals surface area (Å²) in [5, 5.41) is 3.25. The standard InChI is InChI=1S/C25H24F2N8O2S/c1-32-11-13-33(14-12-32)18-6-5-17(20(26)21(18)27)29-25-30-23-16(7-9-28-23)24(31-25)35-19-4-2-3-15-8-10-34(22(15)19)38(35,36)37/h2-7,9H,8,10-14H2,1H3,(H2,28,29,30,31). The van der Waals surface area contributed by atoms with Crippen molar-refractivity contribution < 1.29 is 17.2 Å². The molecule has 2 aromatic carbocycles. The van der Waals surface area contributed by atoms with Crippen LogP contribution in [0.25, 0.3) is 11.0 Å². The van der Waals surface area contributed by atoms with E-state index in [0.717, 1.165) is 18.7 Å². The first-order valence-electron chi connectivity index (χ1n) is 12.3. The third-order valence-corrected chi connectivity index (χ3v) is 9.15. The van der Waals surface area contributed by atoms with Crippen LogP contribution in [0.1, 0.15) is 5.56 Å². The first-order chi connectivity index (χ1) is 18.3. The molecule has 4 aromatic rings. The number of nitrogens with zero attached hydrogens (tertiary/aromatic N) is 6. The second kappa shape index (κ2) is 8.27. The normalized spacial score (nSPS) is 18.4. The lowest BCUT2D eigenvalue weighted by molar-refractivity contribution is 0.311. The highest BCUT2D eigenvalue weighted by Gasteiger charge is 2.46. The van der Waals surface area contributed by atoms with E-state index in [-0.39, 0.29) is 23.1 Å². The summed E-state index contributed by atoms with van der Waals surface area (Å²) in [4.78, 5) is 15.8. The van der Waals surface area contributed by atoms with Gasteiger partial charge in [-0.25, -0.2) is 13.1 Å². The van der Waals surface area contributed by atoms with Crippen molar-refractivity contribution in [3.63, 3.8) is 0 Å². The Morgan fingerprint density at radius 1 is 0.947 bits per heavy atom. The van der Waals surface area contributed by atoms with Gasteiger partial charge in [0.05, 0.1) is 28.1 Å². The zero-order chi connectivity index (χ0) is 26.2. The number of fused-ring (bicyclic) bond motifs is 1. The summed E-state index contributed by atoms with van der Waals surface area (Å²) in [6.45, 7) is 3.06. The van der Waals surface area contributed by atoms with E-state index in [1.165, 1.54) is 20.7 Å². The van der Waals surface area contributed by atoms with Gasteiger partial charge >= 0.3 is 10.2 Å². The van der Waals surface area contributed by atoms with E-state index >= 15 is 8.78 Å². The first kappa shape index (κ1) is 23.2. The number of para-hydroxylation sites is 1. The highest BCUT2D eigenvalue weighted by atomic mass is 32.2. The van der Waals surface area contributed by atoms with Crippen molar-refractivity contribution >= 4 is 55.8 Å². The van der Waals surface area contributed by atoms with Gasteiger partial charge in [0.15, 0.2) is 17.5 Å². The molecule has 13 heteroatoms. The largest absolute Gasteiger partial charge is 0.367 e. The number of hydrogen-bond donors (Lipinski definition) is 2. The SMILES string of the molecule is CN1CCN(c2ccc(Nc3nc(N4c5cccc6c5N(CC6)S4(=O)=O)c4cc[nH]c4n3)c(F)c2F)CC1. The lowest BCUT2D eigenvalue weighted by Gasteiger charge is -2.34. The summed E-state index contributed by atoms with van der Waals surface area (Å²) in [5.41, 5.74) is 2.51. The van der Waals surface area contributed by atoms with Gasteiger partial charge in [0.1, 0.15) is 5.65 Å². The molecule has 1 fully saturated rings. The van der Waals surface area contributed by atoms with Gasteiger partial charge in [-0.15, -0.1) is 0 Å². The third-order valence-electron chi connectivity index (χ3n) is 7.40. The molecule has 2 N–H and O–H groups in total. The molecule has 0 amide bonds. The molecule has 0 spiro atoms. The number of piperazine rings is 1. The minimum absolute atomic E-state index is 0.0657. The summed E-state index contributed by atoms with van der Waals surface area (Å²) in [5.74, 6) is -1.95. The Labute approximate surface area is 217 Å². The maximum Gasteiger partial charge on any atom is 0.332 e. The Bertz CT molecular complexity index is 1700. The molecular formula is C25H24F2N8O2S. The van der Waals surface area contributed by atoms with Gasteiger partial charge in [-0.05, 0) is 43.3 Å². The van der Waals surface area contributed by atoms with Crippen molar-refractivity contribution in [2.24, 2.45) is 0 Å². The molecule has 0 unspecified atom stereocenters. The van der Waals surface area contributed by atoms with Crippen LogP contribution in [-0.4, -0.2) is 68.0 Å². The van der Waals surface area contributed by atoms with Gasteiger partial charge in [0.25, 0.3) is 0 Å². The van der Waals surface area contributed by atoms with Crippen molar-refractivity contribution in [2.45, 2.75) is 6.42 Å². The molecule has 1 saturated heterocycles. The van der Waals surface area contributed by atoms with Crippen molar-refractivity contribution in [3.05, 3.63) is 59.8 Å². The number of aromatic nitrogens is 3. The van der Waals surface area contributed by atoms with Crippen LogP contribution < -0.4 is 18.8 Å². The van der Waals surface area contributed by atoms with Crippen molar-refractivity contribution in [3.8, 4) is 0 Å². The number of nitrogens with one attached hydrogen (secondary N) is 2. The number of anilines is 6. The molecule has 3 aliphatic rings. The van der Waals surface area contributed by atoms with E-state index in [9.17, 15) is 8.42 Å². The summed E-state index contributed by atoms with van der Waals surface area (Å²) < 4.78 is 60.1. The van der Waals surface area contributed by atoms with Crippen LogP contribution in [0.5, 0.6) is 0 Å². The average molecular weight is 539 g/mol. The summed E-state index contributed by atoms with van der Waals surface area (Å²) in [7, 11) is -1.95. The zero-order valence-corrected chi connectivity index (χ0v) is 21.3. The number of likely N-dealkylation sites (N-methyl/N-ethyl adjacent to an activating group) is 1. The van der Waals surface area contributed by atoms with E-state index in [0.29, 0.717) is 48.5 Å². The molecule has 3 aliphatic heterocycles. The molecule has 0 bridgehead atoms. The third kappa shape index (κ3) is 3.34. The van der Waals surface area contributed by atoms with Crippen molar-refractivity contribution in [2.75, 3.05) is 58.6 Å². The Morgan fingerprint density at radius 2 is 1.76 bits per heavy atom. The fourth-order valence-corrected chi connectivity index (χ4v) is 7.14. The predicted octanol–water partition coefficient (Wildman–Crippen LogP) is 3.49. The Balaban J connectivity index is 1.29. The number of aromatic amines is 1. The van der Waals surface area contributed by atoms with Gasteiger partial charge in [0.2, 0.25) is 5.95 Å². The fraction of sp³-hybridized carbons (Fsp3) is 0.280. The average Bonchev–Trinajstić information content (AvgIpc) is 3.60. The Kier molecular flexibility index (Phi) is 5.04. The first-order valence-corrected chi connectivity index (χ1v) is 13.7. The van der Waals surface area contributed by atoms with Gasteiger partial charge in [-0.1, -0.05) is 12.1 Å². The lowest BCUT2D eigenvalue weighted by Crippen LogP contribution is -2.44. The summed E-state index contributed by atoms with van der Waals surface area (Å²) >= 11 is 0. The van der Waals surface area contributed by atoms with Crippen LogP contribution in [0.2, 0.25) is 0 Å². The zero-order valence-electron chi connectivity index (χ0n) is 20.4. The van der Waals surface area contributed by atoms with E-state index < -0.39 is 21.8 Å². The molecule has 10 nitrogen and oxygen atoms in total. The summed E-state index contributed by atoms with van der Waals surface area (Å²) in [6, 6.07) is 10.1. The van der Waals surface area contributed by atoms with E-state index in [1.54, 1.807) is 18.3 Å². The minimum atomic E-state index is -3.94. The van der Waals surface area contributed by atoms with E-state index in [2.05, 4.69) is 25.2 Å². The topological polar surface area (TPSA) is 101 Å². The molecule has 0 saturated carbocycles. The maximum atomic E-state index is 15.2. The van der Waals surface area contributed by atoms with Crippen LogP contribution in [0.3, 0.4) is 0 Å². The molecule has 2 aromatic heterocycles. The van der Waals surface area contributed by atoms with Gasteiger partial charge in [0, 0.05) is 38.9 Å². The smallest absolute Gasteiger partial charge is 0.332 e. The molecule has 38 heavy (non-hydrogen) atoms. The molecule has 0 atom stereocenters. The second-order valence-electron chi connectivity index (χ2n) is 9.67. The predicted molar refractivity (Wildman–Crippen MR) is 142 cm³/mol. The molecule has 0 radical (unpaired) electrons. The second-order valence-corrected chi connectivity index (χ2v) is 11.4. The quantitative estimate of drug-likeness (QED) is 0.410. The van der Waals surface area contributed by atoms with Gasteiger partial charge in [-0.2, -0.15) is 18.4 Å². The van der Waals surface area contributed by atoms with E-state index in [4.69, 9.17) is 0 Å². The van der Waals surface area contributed by atoms with Crippen LogP contribution in [0.15, 0.2) is 42.6 Å². The van der Waals surface area contributed by atoms with Crippen LogP contribution >= 0.6 is 0 Å². The molecular weight excluding hydrogens is 514 g/mol. The van der Waals surface area contributed by atoms with Crippen molar-refractivity contribution in [1.82, 2.24) is 19.9 Å². The highest BCUT2D eigenvalue weighted by molar-refractivity contribution is 7.95. The van der Waals surface area contributed by atoms with Gasteiger partial charge < -0.3 is 20.1 Å². The minimum Gasteiger partial charge on any atom is -0.367 e. The molecule has 0 aliphatic carbocycles. The fourth-order valence-electron chi connectivity index (χ4n) is 5.43. The van der Waals surface area contributed by atoms with Gasteiger partial charge in [-0.3, -0.25) is 4.31 Å². The maximum absolute atomic E-state index is 15.2. The van der Waals surface area contributed by atoms with E-state index in [1.807, 2.05) is 24.1 Å². The molecule has 5 heterocycles. The number of benzene rings is 2. The monoisotopic (exact) mass is 538 g/mol. The van der Waals surface area contributed by atoms with Crippen LogP contribution in [0.4, 0.5) is 43.3 Å². The number of rotatable bonds is 4. The lowest BCUT2D eigenvalue weighted by atomic mass is 10.1. The van der Waals surface area contributed by atoms with Crippen LogP contribution in [0, 0.1) is 11.6 Å². The van der Waals surface area contributed by atoms with Crippen LogP contribution in [-0.2, 0) is 16.6 Å².